The zero-order valence-electron chi connectivity index (χ0n) is 14.0. The van der Waals surface area contributed by atoms with E-state index < -0.39 is 0 Å². The van der Waals surface area contributed by atoms with E-state index in [-0.39, 0.29) is 0 Å². The molecule has 2 aliphatic heterocycles. The van der Waals surface area contributed by atoms with Crippen molar-refractivity contribution in [2.45, 2.75) is 51.2 Å². The number of piperazine rings is 1. The van der Waals surface area contributed by atoms with Gasteiger partial charge in [0.2, 0.25) is 0 Å². The maximum absolute atomic E-state index is 4.87. The van der Waals surface area contributed by atoms with Crippen LogP contribution in [0.4, 0.5) is 0 Å². The average molecular weight is 303 g/mol. The van der Waals surface area contributed by atoms with Gasteiger partial charge in [-0.25, -0.2) is 4.98 Å². The van der Waals surface area contributed by atoms with Gasteiger partial charge in [0.05, 0.1) is 17.4 Å². The minimum absolute atomic E-state index is 0.467. The van der Waals surface area contributed by atoms with Gasteiger partial charge in [-0.05, 0) is 19.8 Å². The third-order valence-electron chi connectivity index (χ3n) is 6.04. The molecule has 0 spiro atoms. The SMILES string of the molecule is Cc1nc2c(n1C)CNCC2N1CCN(C2CCCC2)CC1. The van der Waals surface area contributed by atoms with Crippen molar-refractivity contribution in [3.63, 3.8) is 0 Å². The van der Waals surface area contributed by atoms with E-state index in [1.165, 1.54) is 63.3 Å². The summed E-state index contributed by atoms with van der Waals surface area (Å²) in [5.41, 5.74) is 2.71. The lowest BCUT2D eigenvalue weighted by molar-refractivity contribution is 0.0659. The average Bonchev–Trinajstić information content (AvgIpc) is 3.17. The van der Waals surface area contributed by atoms with Gasteiger partial charge < -0.3 is 9.88 Å². The fourth-order valence-electron chi connectivity index (χ4n) is 4.57. The van der Waals surface area contributed by atoms with Crippen LogP contribution in [0.3, 0.4) is 0 Å². The van der Waals surface area contributed by atoms with Gasteiger partial charge in [0.25, 0.3) is 0 Å². The number of hydrogen-bond donors (Lipinski definition) is 1. The highest BCUT2D eigenvalue weighted by molar-refractivity contribution is 5.23. The molecule has 122 valence electrons. The number of fused-ring (bicyclic) bond motifs is 1. The van der Waals surface area contributed by atoms with Gasteiger partial charge in [-0.15, -0.1) is 0 Å². The summed E-state index contributed by atoms with van der Waals surface area (Å²) in [5, 5.41) is 3.59. The van der Waals surface area contributed by atoms with E-state index in [9.17, 15) is 0 Å². The lowest BCUT2D eigenvalue weighted by Gasteiger charge is -2.42. The lowest BCUT2D eigenvalue weighted by atomic mass is 10.0. The second-order valence-electron chi connectivity index (χ2n) is 7.21. The molecule has 5 nitrogen and oxygen atoms in total. The third kappa shape index (κ3) is 2.49. The van der Waals surface area contributed by atoms with Crippen LogP contribution in [0.25, 0.3) is 0 Å². The van der Waals surface area contributed by atoms with Gasteiger partial charge >= 0.3 is 0 Å². The Kier molecular flexibility index (Phi) is 3.96. The standard InChI is InChI=1S/C17H29N5/c1-13-19-17-15(20(13)2)11-18-12-16(17)22-9-7-21(8-10-22)14-5-3-4-6-14/h14,16,18H,3-12H2,1-2H3. The van der Waals surface area contributed by atoms with E-state index >= 15 is 0 Å². The van der Waals surface area contributed by atoms with Crippen molar-refractivity contribution in [3.05, 3.63) is 17.2 Å². The quantitative estimate of drug-likeness (QED) is 0.897. The Hall–Kier alpha value is -0.910. The lowest BCUT2D eigenvalue weighted by Crippen LogP contribution is -2.52. The fourth-order valence-corrected chi connectivity index (χ4v) is 4.57. The summed E-state index contributed by atoms with van der Waals surface area (Å²) < 4.78 is 2.25. The molecule has 1 aromatic heterocycles. The van der Waals surface area contributed by atoms with Gasteiger partial charge in [-0.2, -0.15) is 0 Å². The summed E-state index contributed by atoms with van der Waals surface area (Å²) in [6.07, 6.45) is 5.73. The monoisotopic (exact) mass is 303 g/mol. The van der Waals surface area contributed by atoms with Gasteiger partial charge in [0, 0.05) is 52.4 Å². The van der Waals surface area contributed by atoms with Crippen molar-refractivity contribution >= 4 is 0 Å². The van der Waals surface area contributed by atoms with Crippen LogP contribution in [-0.2, 0) is 13.6 Å². The molecule has 0 radical (unpaired) electrons. The van der Waals surface area contributed by atoms with Crippen LogP contribution in [0.15, 0.2) is 0 Å². The molecule has 3 aliphatic rings. The highest BCUT2D eigenvalue weighted by Gasteiger charge is 2.33. The summed E-state index contributed by atoms with van der Waals surface area (Å²) in [6.45, 7) is 8.99. The van der Waals surface area contributed by atoms with Gasteiger partial charge in [0.15, 0.2) is 0 Å². The maximum Gasteiger partial charge on any atom is 0.105 e. The van der Waals surface area contributed by atoms with Crippen LogP contribution in [0.2, 0.25) is 0 Å². The predicted molar refractivity (Wildman–Crippen MR) is 87.8 cm³/mol. The first-order valence-corrected chi connectivity index (χ1v) is 8.95. The van der Waals surface area contributed by atoms with Gasteiger partial charge in [-0.1, -0.05) is 12.8 Å². The predicted octanol–water partition coefficient (Wildman–Crippen LogP) is 1.43. The second kappa shape index (κ2) is 5.95. The number of nitrogens with zero attached hydrogens (tertiary/aromatic N) is 4. The van der Waals surface area contributed by atoms with E-state index in [1.54, 1.807) is 0 Å². The summed E-state index contributed by atoms with van der Waals surface area (Å²) in [6, 6.07) is 1.34. The summed E-state index contributed by atoms with van der Waals surface area (Å²) in [5.74, 6) is 1.14. The molecule has 1 aliphatic carbocycles. The molecule has 3 heterocycles. The van der Waals surface area contributed by atoms with Gasteiger partial charge in [-0.3, -0.25) is 9.80 Å². The number of nitrogens with one attached hydrogen (secondary N) is 1. The Morgan fingerprint density at radius 2 is 1.73 bits per heavy atom. The number of aryl methyl sites for hydroxylation is 1. The Bertz CT molecular complexity index is 523. The number of aromatic nitrogens is 2. The van der Waals surface area contributed by atoms with Crippen molar-refractivity contribution in [1.29, 1.82) is 0 Å². The maximum atomic E-state index is 4.87. The van der Waals surface area contributed by atoms with Crippen LogP contribution in [0.1, 0.15) is 48.9 Å². The molecule has 1 saturated heterocycles. The van der Waals surface area contributed by atoms with Crippen LogP contribution in [-0.4, -0.2) is 58.1 Å². The number of rotatable bonds is 2. The fraction of sp³-hybridized carbons (Fsp3) is 0.824. The molecule has 0 bridgehead atoms. The zero-order chi connectivity index (χ0) is 15.1. The first-order valence-electron chi connectivity index (χ1n) is 8.95. The molecule has 5 heteroatoms. The van der Waals surface area contributed by atoms with E-state index in [4.69, 9.17) is 4.98 Å². The van der Waals surface area contributed by atoms with Crippen molar-refractivity contribution in [2.24, 2.45) is 7.05 Å². The number of hydrogen-bond acceptors (Lipinski definition) is 4. The summed E-state index contributed by atoms with van der Waals surface area (Å²) in [4.78, 5) is 10.3. The largest absolute Gasteiger partial charge is 0.334 e. The molecule has 2 fully saturated rings. The normalized spacial score (nSPS) is 28.2. The highest BCUT2D eigenvalue weighted by Crippen LogP contribution is 2.30. The van der Waals surface area contributed by atoms with Gasteiger partial charge in [0.1, 0.15) is 5.82 Å². The molecular weight excluding hydrogens is 274 g/mol. The van der Waals surface area contributed by atoms with Crippen molar-refractivity contribution in [2.75, 3.05) is 32.7 Å². The minimum Gasteiger partial charge on any atom is -0.334 e. The van der Waals surface area contributed by atoms with Crippen LogP contribution >= 0.6 is 0 Å². The molecule has 0 aromatic carbocycles. The number of imidazole rings is 1. The molecule has 1 atom stereocenters. The smallest absolute Gasteiger partial charge is 0.105 e. The Morgan fingerprint density at radius 1 is 1.05 bits per heavy atom. The molecule has 0 amide bonds. The zero-order valence-corrected chi connectivity index (χ0v) is 14.0. The molecule has 1 N–H and O–H groups in total. The summed E-state index contributed by atoms with van der Waals surface area (Å²) >= 11 is 0. The highest BCUT2D eigenvalue weighted by atomic mass is 15.3. The Morgan fingerprint density at radius 3 is 2.45 bits per heavy atom. The molecule has 1 aromatic rings. The Balaban J connectivity index is 1.45. The molecule has 1 saturated carbocycles. The molecule has 4 rings (SSSR count). The van der Waals surface area contributed by atoms with E-state index in [0.717, 1.165) is 25.0 Å². The topological polar surface area (TPSA) is 36.3 Å². The minimum atomic E-state index is 0.467. The Labute approximate surface area is 133 Å². The third-order valence-corrected chi connectivity index (χ3v) is 6.04. The van der Waals surface area contributed by atoms with Crippen LogP contribution in [0, 0.1) is 6.92 Å². The molecule has 22 heavy (non-hydrogen) atoms. The van der Waals surface area contributed by atoms with Crippen molar-refractivity contribution < 1.29 is 0 Å². The second-order valence-corrected chi connectivity index (χ2v) is 7.21. The van der Waals surface area contributed by atoms with E-state index in [2.05, 4.69) is 33.7 Å². The van der Waals surface area contributed by atoms with E-state index in [0.29, 0.717) is 6.04 Å². The molecule has 1 unspecified atom stereocenters. The molecular formula is C17H29N5. The van der Waals surface area contributed by atoms with Crippen LogP contribution in [0.5, 0.6) is 0 Å². The van der Waals surface area contributed by atoms with Crippen molar-refractivity contribution in [1.82, 2.24) is 24.7 Å². The van der Waals surface area contributed by atoms with E-state index in [1.807, 2.05) is 0 Å². The first kappa shape index (κ1) is 14.7. The summed E-state index contributed by atoms with van der Waals surface area (Å²) in [7, 11) is 2.14. The first-order chi connectivity index (χ1) is 10.7. The van der Waals surface area contributed by atoms with Crippen molar-refractivity contribution in [3.8, 4) is 0 Å². The van der Waals surface area contributed by atoms with Crippen LogP contribution < -0.4 is 5.32 Å².